The molecule has 0 fully saturated rings. The molecule has 0 aliphatic carbocycles. The quantitative estimate of drug-likeness (QED) is 0.385. The highest BCUT2D eigenvalue weighted by Gasteiger charge is 2.22. The topological polar surface area (TPSA) is 85.6 Å². The summed E-state index contributed by atoms with van der Waals surface area (Å²) in [6.45, 7) is 5.30. The average Bonchev–Trinajstić information content (AvgIpc) is 2.79. The molecule has 0 heterocycles. The van der Waals surface area contributed by atoms with Crippen LogP contribution in [0.2, 0.25) is 10.0 Å². The minimum absolute atomic E-state index is 0.125. The smallest absolute Gasteiger partial charge is 0.254 e. The largest absolute Gasteiger partial charge is 0.345 e. The van der Waals surface area contributed by atoms with Gasteiger partial charge in [0.15, 0.2) is 0 Å². The van der Waals surface area contributed by atoms with Crippen molar-refractivity contribution in [3.8, 4) is 6.07 Å². The van der Waals surface area contributed by atoms with E-state index in [9.17, 15) is 14.9 Å². The summed E-state index contributed by atoms with van der Waals surface area (Å²) in [6, 6.07) is 10.4. The van der Waals surface area contributed by atoms with E-state index in [0.717, 1.165) is 0 Å². The van der Waals surface area contributed by atoms with Gasteiger partial charge in [-0.05, 0) is 61.7 Å². The number of hydrogen-bond acceptors (Lipinski definition) is 4. The lowest BCUT2D eigenvalue weighted by Crippen LogP contribution is -2.30. The first-order valence-corrected chi connectivity index (χ1v) is 10.7. The van der Waals surface area contributed by atoms with Gasteiger partial charge >= 0.3 is 0 Å². The standard InChI is InChI=1S/C24H21Cl3N4O2/c1-14(25)5-10-21(29-2)22(15-8-9-19(26)20(27)12-15)30-23(32)16-6-7-17(13-28)18(11-16)24(33)31(3)4/h5-12,22H,2H2,1,3-4H3,(H,30,32)/b14-5+,21-10-/t22-/m0/s1. The zero-order valence-electron chi connectivity index (χ0n) is 18.2. The van der Waals surface area contributed by atoms with Crippen LogP contribution in [0, 0.1) is 11.3 Å². The Kier molecular flexibility index (Phi) is 9.24. The molecule has 0 aromatic heterocycles. The molecule has 0 saturated carbocycles. The van der Waals surface area contributed by atoms with Crippen LogP contribution >= 0.6 is 34.8 Å². The van der Waals surface area contributed by atoms with Crippen LogP contribution in [0.25, 0.3) is 0 Å². The van der Waals surface area contributed by atoms with Crippen LogP contribution in [-0.4, -0.2) is 37.5 Å². The van der Waals surface area contributed by atoms with Gasteiger partial charge in [0.05, 0.1) is 39.0 Å². The Bertz CT molecular complexity index is 1190. The molecule has 170 valence electrons. The summed E-state index contributed by atoms with van der Waals surface area (Å²) >= 11 is 18.2. The molecule has 1 N–H and O–H groups in total. The van der Waals surface area contributed by atoms with E-state index in [1.54, 1.807) is 51.4 Å². The van der Waals surface area contributed by atoms with Crippen molar-refractivity contribution in [1.29, 1.82) is 5.26 Å². The van der Waals surface area contributed by atoms with E-state index < -0.39 is 17.9 Å². The SMILES string of the molecule is C=N/C(=C\C=C(/C)Cl)[C@@H](NC(=O)c1ccc(C#N)c(C(=O)N(C)C)c1)c1ccc(Cl)c(Cl)c1. The van der Waals surface area contributed by atoms with Gasteiger partial charge in [-0.3, -0.25) is 14.6 Å². The van der Waals surface area contributed by atoms with E-state index in [1.165, 1.54) is 23.1 Å². The molecule has 33 heavy (non-hydrogen) atoms. The molecule has 9 heteroatoms. The lowest BCUT2D eigenvalue weighted by Gasteiger charge is -2.21. The fourth-order valence-electron chi connectivity index (χ4n) is 2.88. The first-order chi connectivity index (χ1) is 15.6. The number of hydrogen-bond donors (Lipinski definition) is 1. The number of nitrogens with one attached hydrogen (secondary N) is 1. The van der Waals surface area contributed by atoms with Gasteiger partial charge in [0.1, 0.15) is 0 Å². The monoisotopic (exact) mass is 502 g/mol. The predicted octanol–water partition coefficient (Wildman–Crippen LogP) is 5.77. The molecule has 0 bridgehead atoms. The molecule has 0 aliphatic rings. The van der Waals surface area contributed by atoms with Crippen molar-refractivity contribution in [2.45, 2.75) is 13.0 Å². The first-order valence-electron chi connectivity index (χ1n) is 9.61. The highest BCUT2D eigenvalue weighted by Crippen LogP contribution is 2.30. The van der Waals surface area contributed by atoms with Crippen LogP contribution in [0.1, 0.15) is 44.8 Å². The number of aliphatic imine (C=N–C) groups is 1. The van der Waals surface area contributed by atoms with Crippen molar-refractivity contribution < 1.29 is 9.59 Å². The molecule has 2 amide bonds. The van der Waals surface area contributed by atoms with Crippen molar-refractivity contribution in [3.63, 3.8) is 0 Å². The van der Waals surface area contributed by atoms with Crippen molar-refractivity contribution in [3.05, 3.63) is 91.6 Å². The van der Waals surface area contributed by atoms with E-state index in [-0.39, 0.29) is 16.7 Å². The summed E-state index contributed by atoms with van der Waals surface area (Å²) in [4.78, 5) is 31.0. The molecule has 2 rings (SSSR count). The van der Waals surface area contributed by atoms with Crippen LogP contribution in [0.5, 0.6) is 0 Å². The third kappa shape index (κ3) is 6.69. The van der Waals surface area contributed by atoms with Crippen LogP contribution in [0.15, 0.2) is 64.3 Å². The zero-order chi connectivity index (χ0) is 24.7. The summed E-state index contributed by atoms with van der Waals surface area (Å²) < 4.78 is 0. The maximum absolute atomic E-state index is 13.2. The van der Waals surface area contributed by atoms with Crippen molar-refractivity contribution >= 4 is 53.3 Å². The molecule has 1 atom stereocenters. The minimum Gasteiger partial charge on any atom is -0.345 e. The highest BCUT2D eigenvalue weighted by atomic mass is 35.5. The zero-order valence-corrected chi connectivity index (χ0v) is 20.5. The third-order valence-corrected chi connectivity index (χ3v) is 5.42. The summed E-state index contributed by atoms with van der Waals surface area (Å²) in [5, 5.41) is 13.4. The lowest BCUT2D eigenvalue weighted by molar-refractivity contribution is 0.0827. The molecule has 0 unspecified atom stereocenters. The number of carbonyl (C=O) groups is 2. The summed E-state index contributed by atoms with van der Waals surface area (Å²) in [6.07, 6.45) is 3.25. The second-order valence-electron chi connectivity index (χ2n) is 7.15. The number of nitrogens with zero attached hydrogens (tertiary/aromatic N) is 3. The minimum atomic E-state index is -0.749. The maximum atomic E-state index is 13.2. The Morgan fingerprint density at radius 2 is 1.85 bits per heavy atom. The Hall–Kier alpha value is -3.11. The molecule has 0 saturated heterocycles. The number of benzene rings is 2. The summed E-state index contributed by atoms with van der Waals surface area (Å²) in [7, 11) is 3.13. The second-order valence-corrected chi connectivity index (χ2v) is 8.57. The number of nitriles is 1. The molecular weight excluding hydrogens is 483 g/mol. The number of carbonyl (C=O) groups excluding carboxylic acids is 2. The van der Waals surface area contributed by atoms with Gasteiger partial charge in [-0.1, -0.05) is 40.9 Å². The van der Waals surface area contributed by atoms with Gasteiger partial charge in [-0.15, -0.1) is 0 Å². The number of allylic oxidation sites excluding steroid dienone is 3. The Morgan fingerprint density at radius 1 is 1.15 bits per heavy atom. The number of amides is 2. The van der Waals surface area contributed by atoms with Crippen molar-refractivity contribution in [1.82, 2.24) is 10.2 Å². The Balaban J connectivity index is 2.54. The van der Waals surface area contributed by atoms with Crippen LogP contribution in [0.4, 0.5) is 0 Å². The number of rotatable bonds is 7. The van der Waals surface area contributed by atoms with Crippen molar-refractivity contribution in [2.24, 2.45) is 4.99 Å². The van der Waals surface area contributed by atoms with Gasteiger partial charge in [-0.2, -0.15) is 5.26 Å². The first kappa shape index (κ1) is 26.1. The van der Waals surface area contributed by atoms with Crippen LogP contribution < -0.4 is 5.32 Å². The Morgan fingerprint density at radius 3 is 2.39 bits per heavy atom. The van der Waals surface area contributed by atoms with Gasteiger partial charge in [0, 0.05) is 24.7 Å². The lowest BCUT2D eigenvalue weighted by atomic mass is 10.0. The second kappa shape index (κ2) is 11.7. The maximum Gasteiger partial charge on any atom is 0.254 e. The fourth-order valence-corrected chi connectivity index (χ4v) is 3.25. The molecule has 0 spiro atoms. The van der Waals surface area contributed by atoms with E-state index in [2.05, 4.69) is 17.0 Å². The molecule has 2 aromatic carbocycles. The highest BCUT2D eigenvalue weighted by molar-refractivity contribution is 6.42. The Labute approximate surface area is 207 Å². The molecule has 2 aromatic rings. The van der Waals surface area contributed by atoms with E-state index in [4.69, 9.17) is 34.8 Å². The predicted molar refractivity (Wildman–Crippen MR) is 133 cm³/mol. The molecule has 6 nitrogen and oxygen atoms in total. The fraction of sp³-hybridized carbons (Fsp3) is 0.167. The molecule has 0 radical (unpaired) electrons. The molecule has 0 aliphatic heterocycles. The molecular formula is C24H21Cl3N4O2. The number of halogens is 3. The van der Waals surface area contributed by atoms with Gasteiger partial charge in [-0.25, -0.2) is 0 Å². The van der Waals surface area contributed by atoms with Gasteiger partial charge in [0.25, 0.3) is 11.8 Å². The van der Waals surface area contributed by atoms with E-state index in [1.807, 2.05) is 6.07 Å². The van der Waals surface area contributed by atoms with Crippen molar-refractivity contribution in [2.75, 3.05) is 14.1 Å². The normalized spacial score (nSPS) is 12.5. The van der Waals surface area contributed by atoms with E-state index >= 15 is 0 Å². The van der Waals surface area contributed by atoms with Gasteiger partial charge < -0.3 is 10.2 Å². The summed E-state index contributed by atoms with van der Waals surface area (Å²) in [5.74, 6) is -0.886. The van der Waals surface area contributed by atoms with E-state index in [0.29, 0.717) is 26.3 Å². The third-order valence-electron chi connectivity index (χ3n) is 4.55. The van der Waals surface area contributed by atoms with Crippen LogP contribution in [-0.2, 0) is 0 Å². The van der Waals surface area contributed by atoms with Crippen LogP contribution in [0.3, 0.4) is 0 Å². The average molecular weight is 504 g/mol. The van der Waals surface area contributed by atoms with Gasteiger partial charge in [0.2, 0.25) is 0 Å². The summed E-state index contributed by atoms with van der Waals surface area (Å²) in [5.41, 5.74) is 1.49.